The normalized spacial score (nSPS) is 19.2. The van der Waals surface area contributed by atoms with Crippen LogP contribution in [0.1, 0.15) is 17.9 Å². The second-order valence-electron chi connectivity index (χ2n) is 6.87. The topological polar surface area (TPSA) is 93.2 Å². The molecule has 31 heavy (non-hydrogen) atoms. The summed E-state index contributed by atoms with van der Waals surface area (Å²) >= 11 is 0.757. The summed E-state index contributed by atoms with van der Waals surface area (Å²) in [5.74, 6) is -3.15. The molecule has 1 aliphatic rings. The van der Waals surface area contributed by atoms with Crippen LogP contribution >= 0.6 is 11.5 Å². The first-order valence-electron chi connectivity index (χ1n) is 9.25. The van der Waals surface area contributed by atoms with E-state index in [4.69, 9.17) is 4.74 Å². The molecule has 12 heteroatoms. The highest BCUT2D eigenvalue weighted by Gasteiger charge is 2.30. The molecule has 4 rings (SSSR count). The first kappa shape index (κ1) is 21.5. The molecule has 0 spiro atoms. The van der Waals surface area contributed by atoms with Gasteiger partial charge in [-0.3, -0.25) is 4.72 Å². The lowest BCUT2D eigenvalue weighted by molar-refractivity contribution is 0.136. The van der Waals surface area contributed by atoms with Gasteiger partial charge in [0.1, 0.15) is 29.0 Å². The van der Waals surface area contributed by atoms with Crippen LogP contribution in [0.4, 0.5) is 18.3 Å². The van der Waals surface area contributed by atoms with E-state index in [1.54, 1.807) is 12.1 Å². The minimum atomic E-state index is -4.40. The summed E-state index contributed by atoms with van der Waals surface area (Å²) in [6, 6.07) is 7.21. The van der Waals surface area contributed by atoms with Crippen molar-refractivity contribution in [1.82, 2.24) is 14.7 Å². The largest absolute Gasteiger partial charge is 0.485 e. The van der Waals surface area contributed by atoms with Gasteiger partial charge in [-0.25, -0.2) is 26.6 Å². The molecule has 7 nitrogen and oxygen atoms in total. The van der Waals surface area contributed by atoms with Crippen molar-refractivity contribution in [3.63, 3.8) is 0 Å². The van der Waals surface area contributed by atoms with Crippen LogP contribution in [0, 0.1) is 17.5 Å². The van der Waals surface area contributed by atoms with Gasteiger partial charge in [0.05, 0.1) is 0 Å². The zero-order valence-electron chi connectivity index (χ0n) is 15.9. The minimum Gasteiger partial charge on any atom is -0.485 e. The van der Waals surface area contributed by atoms with Gasteiger partial charge in [-0.15, -0.1) is 0 Å². The minimum absolute atomic E-state index is 0.0736. The van der Waals surface area contributed by atoms with Crippen LogP contribution in [0.2, 0.25) is 0 Å². The zero-order valence-corrected chi connectivity index (χ0v) is 17.5. The molecule has 0 aliphatic carbocycles. The third-order valence-electron chi connectivity index (χ3n) is 4.86. The molecule has 0 radical (unpaired) electrons. The standard InChI is InChI=1S/C19H17F3N4O3S2/c20-12-3-1-11(2-4-12)13-5-6-23-9-17(13)29-16-7-15(22)18(8-14(16)21)31(27,28)26-19-24-10-25-30-19/h1-4,7-8,10,13,17,23H,5-6,9H2,(H,24,25,26)/t13-,17+/m0/s1. The van der Waals surface area contributed by atoms with Crippen LogP contribution in [-0.4, -0.2) is 37.0 Å². The molecule has 1 aromatic heterocycles. The lowest BCUT2D eigenvalue weighted by Gasteiger charge is -2.33. The van der Waals surface area contributed by atoms with E-state index in [1.807, 2.05) is 4.72 Å². The van der Waals surface area contributed by atoms with Gasteiger partial charge in [0.15, 0.2) is 11.6 Å². The van der Waals surface area contributed by atoms with Crippen LogP contribution in [0.5, 0.6) is 5.75 Å². The monoisotopic (exact) mass is 470 g/mol. The first-order valence-corrected chi connectivity index (χ1v) is 11.5. The predicted molar refractivity (Wildman–Crippen MR) is 108 cm³/mol. The second-order valence-corrected chi connectivity index (χ2v) is 9.30. The highest BCUT2D eigenvalue weighted by Crippen LogP contribution is 2.32. The Bertz CT molecular complexity index is 1160. The second kappa shape index (κ2) is 8.81. The van der Waals surface area contributed by atoms with Crippen LogP contribution in [0.25, 0.3) is 0 Å². The molecule has 0 saturated carbocycles. The third-order valence-corrected chi connectivity index (χ3v) is 6.93. The Hall–Kier alpha value is -2.70. The van der Waals surface area contributed by atoms with Gasteiger partial charge in [0.25, 0.3) is 10.0 Å². The van der Waals surface area contributed by atoms with Crippen molar-refractivity contribution < 1.29 is 26.3 Å². The highest BCUT2D eigenvalue weighted by molar-refractivity contribution is 7.93. The first-order chi connectivity index (χ1) is 14.8. The van der Waals surface area contributed by atoms with Crippen molar-refractivity contribution in [3.05, 3.63) is 65.7 Å². The van der Waals surface area contributed by atoms with Crippen molar-refractivity contribution in [3.8, 4) is 5.75 Å². The average Bonchev–Trinajstić information content (AvgIpc) is 3.24. The zero-order chi connectivity index (χ0) is 22.0. The van der Waals surface area contributed by atoms with Crippen molar-refractivity contribution in [1.29, 1.82) is 0 Å². The predicted octanol–water partition coefficient (Wildman–Crippen LogP) is 3.28. The average molecular weight is 470 g/mol. The van der Waals surface area contributed by atoms with Gasteiger partial charge in [0.2, 0.25) is 5.13 Å². The molecular weight excluding hydrogens is 453 g/mol. The summed E-state index contributed by atoms with van der Waals surface area (Å²) in [7, 11) is -4.40. The van der Waals surface area contributed by atoms with Crippen molar-refractivity contribution in [2.75, 3.05) is 17.8 Å². The number of benzene rings is 2. The van der Waals surface area contributed by atoms with E-state index in [1.165, 1.54) is 12.1 Å². The maximum atomic E-state index is 14.7. The fraction of sp³-hybridized carbons (Fsp3) is 0.263. The molecule has 164 valence electrons. The van der Waals surface area contributed by atoms with Gasteiger partial charge in [-0.1, -0.05) is 12.1 Å². The third kappa shape index (κ3) is 4.81. The van der Waals surface area contributed by atoms with Gasteiger partial charge < -0.3 is 10.1 Å². The van der Waals surface area contributed by atoms with E-state index in [0.717, 1.165) is 23.4 Å². The smallest absolute Gasteiger partial charge is 0.266 e. The Labute approximate surface area is 180 Å². The number of hydrogen-bond acceptors (Lipinski definition) is 7. The van der Waals surface area contributed by atoms with E-state index in [9.17, 15) is 21.6 Å². The molecule has 2 N–H and O–H groups in total. The molecule has 1 aliphatic heterocycles. The van der Waals surface area contributed by atoms with Crippen LogP contribution in [0.3, 0.4) is 0 Å². The number of anilines is 1. The number of ether oxygens (including phenoxy) is 1. The van der Waals surface area contributed by atoms with Crippen LogP contribution in [-0.2, 0) is 10.0 Å². The summed E-state index contributed by atoms with van der Waals surface area (Å²) in [6.07, 6.45) is 1.22. The molecule has 0 bridgehead atoms. The van der Waals surface area contributed by atoms with E-state index in [-0.39, 0.29) is 16.9 Å². The number of nitrogens with zero attached hydrogens (tertiary/aromatic N) is 2. The SMILES string of the molecule is O=S(=O)(Nc1ncns1)c1cc(F)c(O[C@@H]2CNCC[C@H]2c2ccc(F)cc2)cc1F. The Morgan fingerprint density at radius 1 is 1.13 bits per heavy atom. The number of piperidine rings is 1. The molecule has 2 aromatic carbocycles. The highest BCUT2D eigenvalue weighted by atomic mass is 32.2. The Morgan fingerprint density at radius 3 is 2.61 bits per heavy atom. The number of hydrogen-bond donors (Lipinski definition) is 2. The van der Waals surface area contributed by atoms with Crippen LogP contribution in [0.15, 0.2) is 47.6 Å². The number of aromatic nitrogens is 2. The number of halogens is 3. The Morgan fingerprint density at radius 2 is 1.90 bits per heavy atom. The van der Waals surface area contributed by atoms with E-state index < -0.39 is 38.4 Å². The van der Waals surface area contributed by atoms with Crippen molar-refractivity contribution in [2.24, 2.45) is 0 Å². The van der Waals surface area contributed by atoms with Gasteiger partial charge in [-0.05, 0) is 30.7 Å². The number of rotatable bonds is 6. The molecule has 2 atom stereocenters. The molecule has 1 saturated heterocycles. The Kier molecular flexibility index (Phi) is 6.12. The summed E-state index contributed by atoms with van der Waals surface area (Å²) in [6.45, 7) is 1.05. The van der Waals surface area contributed by atoms with E-state index >= 15 is 0 Å². The van der Waals surface area contributed by atoms with Gasteiger partial charge >= 0.3 is 0 Å². The summed E-state index contributed by atoms with van der Waals surface area (Å²) in [5, 5.41) is 3.05. The Balaban J connectivity index is 1.58. The van der Waals surface area contributed by atoms with Gasteiger partial charge in [-0.2, -0.15) is 4.37 Å². The lowest BCUT2D eigenvalue weighted by atomic mass is 9.87. The molecule has 0 unspecified atom stereocenters. The molecule has 0 amide bonds. The molecular formula is C19H17F3N4O3S2. The van der Waals surface area contributed by atoms with Crippen molar-refractivity contribution >= 4 is 26.7 Å². The summed E-state index contributed by atoms with van der Waals surface area (Å²) in [5.41, 5.74) is 0.814. The lowest BCUT2D eigenvalue weighted by Crippen LogP contribution is -2.43. The van der Waals surface area contributed by atoms with Crippen LogP contribution < -0.4 is 14.8 Å². The summed E-state index contributed by atoms with van der Waals surface area (Å²) < 4.78 is 78.7. The molecule has 2 heterocycles. The van der Waals surface area contributed by atoms with E-state index in [0.29, 0.717) is 31.6 Å². The fourth-order valence-electron chi connectivity index (χ4n) is 3.40. The molecule has 3 aromatic rings. The van der Waals surface area contributed by atoms with Crippen molar-refractivity contribution in [2.45, 2.75) is 23.3 Å². The fourth-order valence-corrected chi connectivity index (χ4v) is 5.14. The maximum Gasteiger partial charge on any atom is 0.266 e. The van der Waals surface area contributed by atoms with Gasteiger partial charge in [0, 0.05) is 36.1 Å². The maximum absolute atomic E-state index is 14.7. The number of nitrogens with one attached hydrogen (secondary N) is 2. The van der Waals surface area contributed by atoms with E-state index in [2.05, 4.69) is 14.7 Å². The molecule has 1 fully saturated rings. The quantitative estimate of drug-likeness (QED) is 0.575. The summed E-state index contributed by atoms with van der Waals surface area (Å²) in [4.78, 5) is 2.79. The number of sulfonamides is 1.